The minimum atomic E-state index is -2.31. The van der Waals surface area contributed by atoms with Crippen molar-refractivity contribution in [2.24, 2.45) is 14.0 Å². The second-order valence-corrected chi connectivity index (χ2v) is 5.36. The zero-order valence-electron chi connectivity index (χ0n) is 14.4. The summed E-state index contributed by atoms with van der Waals surface area (Å²) in [7, 11) is 1.86. The van der Waals surface area contributed by atoms with Crippen LogP contribution in [0, 0.1) is 0 Å². The number of aryl methyl sites for hydroxylation is 2. The van der Waals surface area contributed by atoms with Gasteiger partial charge < -0.3 is 0 Å². The molecule has 1 aliphatic rings. The highest BCUT2D eigenvalue weighted by Crippen LogP contribution is 2.35. The molecule has 0 spiro atoms. The summed E-state index contributed by atoms with van der Waals surface area (Å²) in [6, 6.07) is 7.74. The zero-order chi connectivity index (χ0) is 16.6. The van der Waals surface area contributed by atoms with Crippen LogP contribution in [-0.2, 0) is 20.6 Å². The molecule has 0 saturated carbocycles. The number of aromatic nitrogens is 5. The summed E-state index contributed by atoms with van der Waals surface area (Å²) >= 11 is 0. The molecular weight excluding hydrogens is 262 g/mol. The zero-order valence-corrected chi connectivity index (χ0v) is 11.4. The molecule has 102 valence electrons. The number of nitrogens with zero attached hydrogens (tertiary/aromatic N) is 5. The summed E-state index contributed by atoms with van der Waals surface area (Å²) in [4.78, 5) is 8.87. The first-order valence-electron chi connectivity index (χ1n) is 8.31. The van der Waals surface area contributed by atoms with Crippen molar-refractivity contribution in [3.63, 3.8) is 0 Å². The predicted octanol–water partition coefficient (Wildman–Crippen LogP) is 1.78. The molecular formula is C16H14N5+. The normalized spacial score (nSPS) is 15.8. The van der Waals surface area contributed by atoms with Crippen molar-refractivity contribution >= 4 is 22.2 Å². The fraction of sp³-hybridized carbons (Fsp3) is 0.188. The molecule has 5 heterocycles. The van der Waals surface area contributed by atoms with Gasteiger partial charge in [-0.05, 0) is 18.2 Å². The van der Waals surface area contributed by atoms with Gasteiger partial charge in [0.2, 0.25) is 5.65 Å². The molecule has 0 amide bonds. The van der Waals surface area contributed by atoms with Gasteiger partial charge in [0.25, 0.3) is 11.5 Å². The molecule has 5 heteroatoms. The summed E-state index contributed by atoms with van der Waals surface area (Å²) in [5.41, 5.74) is 4.09. The van der Waals surface area contributed by atoms with Crippen LogP contribution in [0.3, 0.4) is 0 Å². The summed E-state index contributed by atoms with van der Waals surface area (Å²) in [6.07, 6.45) is 3.43. The molecule has 0 fully saturated rings. The second-order valence-electron chi connectivity index (χ2n) is 5.36. The van der Waals surface area contributed by atoms with Crippen LogP contribution in [0.15, 0.2) is 36.7 Å². The van der Waals surface area contributed by atoms with E-state index in [-0.39, 0.29) is 0 Å². The van der Waals surface area contributed by atoms with Gasteiger partial charge in [-0.25, -0.2) is 23.7 Å². The fourth-order valence-electron chi connectivity index (χ4n) is 3.40. The number of fused-ring (bicyclic) bond motifs is 7. The SMILES string of the molecule is [2H]C([2H])([2H])[n+]1c2n(c3c4cccnc4n(C)c31)Cc1cccnc1-2. The van der Waals surface area contributed by atoms with Crippen LogP contribution >= 0.6 is 0 Å². The lowest BCUT2D eigenvalue weighted by molar-refractivity contribution is -0.636. The Morgan fingerprint density at radius 2 is 2.10 bits per heavy atom. The van der Waals surface area contributed by atoms with E-state index in [1.165, 1.54) is 4.57 Å². The standard InChI is InChI=1S/C16H14N5/c1-19-14-11(6-4-8-18-14)13-16(19)20(2)15-12-10(9-21(13)15)5-3-7-17-12/h3-8H,9H2,1-2H3/q+1/i2D3. The second kappa shape index (κ2) is 3.49. The van der Waals surface area contributed by atoms with Crippen LogP contribution in [0.5, 0.6) is 0 Å². The topological polar surface area (TPSA) is 39.5 Å². The van der Waals surface area contributed by atoms with Crippen molar-refractivity contribution in [2.45, 2.75) is 6.54 Å². The number of rotatable bonds is 0. The fourth-order valence-corrected chi connectivity index (χ4v) is 3.40. The minimum absolute atomic E-state index is 0.617. The Bertz CT molecular complexity index is 1140. The van der Waals surface area contributed by atoms with E-state index in [0.29, 0.717) is 18.0 Å². The van der Waals surface area contributed by atoms with Gasteiger partial charge in [0.15, 0.2) is 5.52 Å². The van der Waals surface area contributed by atoms with E-state index in [4.69, 9.17) is 4.11 Å². The predicted molar refractivity (Wildman–Crippen MR) is 79.7 cm³/mol. The third-order valence-corrected chi connectivity index (χ3v) is 4.27. The maximum Gasteiger partial charge on any atom is 0.270 e. The largest absolute Gasteiger partial charge is 0.270 e. The van der Waals surface area contributed by atoms with E-state index in [1.807, 2.05) is 40.4 Å². The van der Waals surface area contributed by atoms with Crippen molar-refractivity contribution in [1.82, 2.24) is 19.1 Å². The summed E-state index contributed by atoms with van der Waals surface area (Å²) < 4.78 is 29.5. The lowest BCUT2D eigenvalue weighted by Gasteiger charge is -1.97. The van der Waals surface area contributed by atoms with Crippen LogP contribution < -0.4 is 4.57 Å². The van der Waals surface area contributed by atoms with Crippen LogP contribution in [0.1, 0.15) is 9.68 Å². The first kappa shape index (κ1) is 8.56. The van der Waals surface area contributed by atoms with Crippen LogP contribution in [0.2, 0.25) is 0 Å². The Morgan fingerprint density at radius 3 is 3.00 bits per heavy atom. The van der Waals surface area contributed by atoms with Gasteiger partial charge in [-0.3, -0.25) is 0 Å². The average Bonchev–Trinajstić information content (AvgIpc) is 3.15. The van der Waals surface area contributed by atoms with E-state index < -0.39 is 6.98 Å². The molecule has 0 N–H and O–H groups in total. The number of pyridine rings is 2. The van der Waals surface area contributed by atoms with E-state index in [2.05, 4.69) is 9.97 Å². The van der Waals surface area contributed by atoms with Crippen molar-refractivity contribution in [3.05, 3.63) is 42.2 Å². The van der Waals surface area contributed by atoms with Gasteiger partial charge in [0.05, 0.1) is 30.1 Å². The van der Waals surface area contributed by atoms with Gasteiger partial charge in [-0.1, -0.05) is 6.07 Å². The molecule has 5 nitrogen and oxygen atoms in total. The number of hydrogen-bond acceptors (Lipinski definition) is 2. The third-order valence-electron chi connectivity index (χ3n) is 4.27. The Balaban J connectivity index is 2.05. The maximum atomic E-state index is 8.07. The maximum absolute atomic E-state index is 8.07. The van der Waals surface area contributed by atoms with Crippen molar-refractivity contribution in [1.29, 1.82) is 0 Å². The summed E-state index contributed by atoms with van der Waals surface area (Å²) in [6.45, 7) is -1.69. The van der Waals surface area contributed by atoms with E-state index >= 15 is 0 Å². The lowest BCUT2D eigenvalue weighted by atomic mass is 10.2. The molecule has 0 atom stereocenters. The highest BCUT2D eigenvalue weighted by atomic mass is 15.3. The van der Waals surface area contributed by atoms with Crippen LogP contribution in [-0.4, -0.2) is 19.1 Å². The lowest BCUT2D eigenvalue weighted by Crippen LogP contribution is -2.31. The van der Waals surface area contributed by atoms with Crippen molar-refractivity contribution in [3.8, 4) is 11.5 Å². The molecule has 1 aliphatic heterocycles. The quantitative estimate of drug-likeness (QED) is 0.405. The van der Waals surface area contributed by atoms with Gasteiger partial charge in [-0.2, -0.15) is 0 Å². The Kier molecular flexibility index (Phi) is 1.42. The van der Waals surface area contributed by atoms with Gasteiger partial charge in [0.1, 0.15) is 5.69 Å². The van der Waals surface area contributed by atoms with E-state index in [0.717, 1.165) is 27.8 Å². The van der Waals surface area contributed by atoms with E-state index in [1.54, 1.807) is 12.4 Å². The molecule has 0 radical (unpaired) electrons. The molecule has 5 rings (SSSR count). The Morgan fingerprint density at radius 1 is 1.24 bits per heavy atom. The monoisotopic (exact) mass is 279 g/mol. The molecule has 21 heavy (non-hydrogen) atoms. The van der Waals surface area contributed by atoms with Crippen molar-refractivity contribution in [2.75, 3.05) is 0 Å². The molecule has 0 bridgehead atoms. The van der Waals surface area contributed by atoms with Crippen LogP contribution in [0.25, 0.3) is 33.7 Å². The van der Waals surface area contributed by atoms with E-state index in [9.17, 15) is 0 Å². The van der Waals surface area contributed by atoms with Gasteiger partial charge >= 0.3 is 0 Å². The number of imidazole rings is 1. The highest BCUT2D eigenvalue weighted by molar-refractivity contribution is 6.03. The molecule has 0 aliphatic carbocycles. The molecule has 0 aromatic carbocycles. The average molecular weight is 279 g/mol. The summed E-state index contributed by atoms with van der Waals surface area (Å²) in [5.74, 6) is 0.636. The van der Waals surface area contributed by atoms with Crippen molar-refractivity contribution < 1.29 is 8.68 Å². The third kappa shape index (κ3) is 1.15. The first-order chi connectivity index (χ1) is 11.5. The van der Waals surface area contributed by atoms with Gasteiger partial charge in [0, 0.05) is 18.0 Å². The summed E-state index contributed by atoms with van der Waals surface area (Å²) in [5, 5.41) is 0.951. The first-order valence-corrected chi connectivity index (χ1v) is 6.81. The Hall–Kier alpha value is -2.69. The molecule has 4 aromatic rings. The highest BCUT2D eigenvalue weighted by Gasteiger charge is 2.35. The molecule has 4 aromatic heterocycles. The Labute approximate surface area is 125 Å². The molecule has 0 saturated heterocycles. The smallest absolute Gasteiger partial charge is 0.249 e. The number of hydrogen-bond donors (Lipinski definition) is 0. The van der Waals surface area contributed by atoms with Gasteiger partial charge in [-0.15, -0.1) is 0 Å². The van der Waals surface area contributed by atoms with Crippen LogP contribution in [0.4, 0.5) is 0 Å². The minimum Gasteiger partial charge on any atom is -0.249 e. The molecule has 0 unspecified atom stereocenters.